The zero-order valence-corrected chi connectivity index (χ0v) is 10.1. The molecule has 18 heavy (non-hydrogen) atoms. The van der Waals surface area contributed by atoms with Crippen LogP contribution < -0.4 is 5.73 Å². The van der Waals surface area contributed by atoms with E-state index in [0.717, 1.165) is 0 Å². The molecule has 0 unspecified atom stereocenters. The lowest BCUT2D eigenvalue weighted by atomic mass is 10.3. The molecule has 0 atom stereocenters. The Morgan fingerprint density at radius 2 is 2.22 bits per heavy atom. The SMILES string of the molecule is COC(=O)c1nc(CC(C)=O)n2ccc(N)cc12. The number of fused-ring (bicyclic) bond motifs is 1. The Hall–Kier alpha value is -2.37. The van der Waals surface area contributed by atoms with Crippen LogP contribution in [-0.2, 0) is 16.0 Å². The number of hydrogen-bond acceptors (Lipinski definition) is 5. The maximum absolute atomic E-state index is 11.6. The van der Waals surface area contributed by atoms with Crippen molar-refractivity contribution in [2.75, 3.05) is 12.8 Å². The second kappa shape index (κ2) is 4.48. The molecule has 0 aliphatic rings. The van der Waals surface area contributed by atoms with Crippen molar-refractivity contribution in [3.63, 3.8) is 0 Å². The number of carbonyl (C=O) groups excluding carboxylic acids is 2. The molecule has 94 valence electrons. The first kappa shape index (κ1) is 12.1. The predicted octanol–water partition coefficient (Wildman–Crippen LogP) is 0.835. The molecule has 0 aromatic carbocycles. The number of rotatable bonds is 3. The van der Waals surface area contributed by atoms with E-state index in [9.17, 15) is 9.59 Å². The number of ether oxygens (including phenoxy) is 1. The second-order valence-electron chi connectivity index (χ2n) is 3.96. The van der Waals surface area contributed by atoms with E-state index in [1.165, 1.54) is 14.0 Å². The molecular weight excluding hydrogens is 234 g/mol. The Bertz CT molecular complexity index is 631. The minimum absolute atomic E-state index is 0.0323. The summed E-state index contributed by atoms with van der Waals surface area (Å²) in [5, 5.41) is 0. The Kier molecular flexibility index (Phi) is 3.01. The number of nitrogens with two attached hydrogens (primary N) is 1. The summed E-state index contributed by atoms with van der Waals surface area (Å²) in [7, 11) is 1.28. The molecule has 0 fully saturated rings. The minimum atomic E-state index is -0.548. The number of methoxy groups -OCH3 is 1. The van der Waals surface area contributed by atoms with Crippen LogP contribution in [0.15, 0.2) is 18.3 Å². The molecule has 0 spiro atoms. The number of ketones is 1. The number of aromatic nitrogens is 2. The van der Waals surface area contributed by atoms with Crippen molar-refractivity contribution >= 4 is 23.0 Å². The second-order valence-corrected chi connectivity index (χ2v) is 3.96. The van der Waals surface area contributed by atoms with Gasteiger partial charge in [-0.15, -0.1) is 0 Å². The van der Waals surface area contributed by atoms with Gasteiger partial charge in [0.25, 0.3) is 0 Å². The summed E-state index contributed by atoms with van der Waals surface area (Å²) in [4.78, 5) is 26.9. The molecule has 6 heteroatoms. The zero-order valence-electron chi connectivity index (χ0n) is 10.1. The van der Waals surface area contributed by atoms with Crippen LogP contribution in [-0.4, -0.2) is 28.2 Å². The molecule has 2 heterocycles. The highest BCUT2D eigenvalue weighted by Gasteiger charge is 2.18. The van der Waals surface area contributed by atoms with Crippen molar-refractivity contribution in [2.24, 2.45) is 0 Å². The Morgan fingerprint density at radius 1 is 1.50 bits per heavy atom. The van der Waals surface area contributed by atoms with E-state index < -0.39 is 5.97 Å². The molecule has 0 saturated heterocycles. The third-order valence-corrected chi connectivity index (χ3v) is 2.53. The van der Waals surface area contributed by atoms with E-state index in [1.807, 2.05) is 0 Å². The molecule has 2 N–H and O–H groups in total. The Morgan fingerprint density at radius 3 is 2.83 bits per heavy atom. The third kappa shape index (κ3) is 2.04. The number of carbonyl (C=O) groups is 2. The third-order valence-electron chi connectivity index (χ3n) is 2.53. The molecule has 2 aromatic heterocycles. The highest BCUT2D eigenvalue weighted by atomic mass is 16.5. The van der Waals surface area contributed by atoms with Crippen LogP contribution in [0, 0.1) is 0 Å². The van der Waals surface area contributed by atoms with Crippen LogP contribution >= 0.6 is 0 Å². The van der Waals surface area contributed by atoms with E-state index in [-0.39, 0.29) is 17.9 Å². The van der Waals surface area contributed by atoms with Crippen molar-refractivity contribution in [2.45, 2.75) is 13.3 Å². The van der Waals surface area contributed by atoms with Crippen molar-refractivity contribution in [3.8, 4) is 0 Å². The summed E-state index contributed by atoms with van der Waals surface area (Å²) in [6.45, 7) is 1.47. The van der Waals surface area contributed by atoms with E-state index in [1.54, 1.807) is 22.7 Å². The molecule has 2 rings (SSSR count). The lowest BCUT2D eigenvalue weighted by molar-refractivity contribution is -0.116. The highest BCUT2D eigenvalue weighted by Crippen LogP contribution is 2.17. The lowest BCUT2D eigenvalue weighted by Gasteiger charge is -2.00. The lowest BCUT2D eigenvalue weighted by Crippen LogP contribution is -2.03. The zero-order chi connectivity index (χ0) is 13.3. The largest absolute Gasteiger partial charge is 0.464 e. The van der Waals surface area contributed by atoms with Crippen LogP contribution in [0.5, 0.6) is 0 Å². The minimum Gasteiger partial charge on any atom is -0.464 e. The summed E-state index contributed by atoms with van der Waals surface area (Å²) in [5.41, 5.74) is 6.91. The first-order valence-electron chi connectivity index (χ1n) is 5.37. The van der Waals surface area contributed by atoms with Gasteiger partial charge in [-0.2, -0.15) is 0 Å². The molecule has 0 aliphatic carbocycles. The molecule has 0 radical (unpaired) electrons. The number of pyridine rings is 1. The fraction of sp³-hybridized carbons (Fsp3) is 0.250. The van der Waals surface area contributed by atoms with Gasteiger partial charge in [0.2, 0.25) is 0 Å². The Labute approximate surface area is 103 Å². The summed E-state index contributed by atoms with van der Waals surface area (Å²) < 4.78 is 6.33. The van der Waals surface area contributed by atoms with Crippen LogP contribution in [0.25, 0.3) is 5.52 Å². The molecular formula is C12H13N3O3. The molecule has 0 amide bonds. The van der Waals surface area contributed by atoms with Gasteiger partial charge in [0, 0.05) is 11.9 Å². The summed E-state index contributed by atoms with van der Waals surface area (Å²) in [5.74, 6) is -0.0825. The summed E-state index contributed by atoms with van der Waals surface area (Å²) >= 11 is 0. The first-order chi connectivity index (χ1) is 8.52. The number of anilines is 1. The predicted molar refractivity (Wildman–Crippen MR) is 65.3 cm³/mol. The van der Waals surface area contributed by atoms with Gasteiger partial charge in [-0.3, -0.25) is 4.79 Å². The molecule has 0 saturated carbocycles. The highest BCUT2D eigenvalue weighted by molar-refractivity contribution is 5.96. The number of hydrogen-bond donors (Lipinski definition) is 1. The average molecular weight is 247 g/mol. The first-order valence-corrected chi connectivity index (χ1v) is 5.37. The van der Waals surface area contributed by atoms with E-state index in [4.69, 9.17) is 5.73 Å². The average Bonchev–Trinajstić information content (AvgIpc) is 2.65. The van der Waals surface area contributed by atoms with Gasteiger partial charge < -0.3 is 14.9 Å². The van der Waals surface area contributed by atoms with Gasteiger partial charge in [-0.25, -0.2) is 9.78 Å². The smallest absolute Gasteiger partial charge is 0.358 e. The van der Waals surface area contributed by atoms with Crippen molar-refractivity contribution < 1.29 is 14.3 Å². The van der Waals surface area contributed by atoms with Gasteiger partial charge in [-0.05, 0) is 19.1 Å². The van der Waals surface area contributed by atoms with E-state index in [2.05, 4.69) is 9.72 Å². The Balaban J connectivity index is 2.66. The van der Waals surface area contributed by atoms with Gasteiger partial charge >= 0.3 is 5.97 Å². The topological polar surface area (TPSA) is 86.7 Å². The van der Waals surface area contributed by atoms with Crippen LogP contribution in [0.3, 0.4) is 0 Å². The van der Waals surface area contributed by atoms with Gasteiger partial charge in [0.15, 0.2) is 5.69 Å². The number of nitrogen functional groups attached to an aromatic ring is 1. The standard InChI is InChI=1S/C12H13N3O3/c1-7(16)5-10-14-11(12(17)18-2)9-6-8(13)3-4-15(9)10/h3-4,6H,5,13H2,1-2H3. The molecule has 2 aromatic rings. The number of Topliss-reactive ketones (excluding diaryl/α,β-unsaturated/α-hetero) is 1. The fourth-order valence-corrected chi connectivity index (χ4v) is 1.76. The molecule has 6 nitrogen and oxygen atoms in total. The van der Waals surface area contributed by atoms with Crippen molar-refractivity contribution in [1.29, 1.82) is 0 Å². The van der Waals surface area contributed by atoms with Crippen LogP contribution in [0.2, 0.25) is 0 Å². The van der Waals surface area contributed by atoms with Gasteiger partial charge in [0.1, 0.15) is 11.6 Å². The number of nitrogens with zero attached hydrogens (tertiary/aromatic N) is 2. The van der Waals surface area contributed by atoms with Crippen molar-refractivity contribution in [3.05, 3.63) is 29.8 Å². The van der Waals surface area contributed by atoms with E-state index >= 15 is 0 Å². The normalized spacial score (nSPS) is 10.6. The molecule has 0 aliphatic heterocycles. The fourth-order valence-electron chi connectivity index (χ4n) is 1.76. The van der Waals surface area contributed by atoms with Crippen molar-refractivity contribution in [1.82, 2.24) is 9.38 Å². The monoisotopic (exact) mass is 247 g/mol. The quantitative estimate of drug-likeness (QED) is 0.812. The maximum Gasteiger partial charge on any atom is 0.358 e. The van der Waals surface area contributed by atoms with Gasteiger partial charge in [0.05, 0.1) is 19.0 Å². The number of imidazole rings is 1. The van der Waals surface area contributed by atoms with Crippen LogP contribution in [0.4, 0.5) is 5.69 Å². The van der Waals surface area contributed by atoms with Crippen LogP contribution in [0.1, 0.15) is 23.2 Å². The number of esters is 1. The van der Waals surface area contributed by atoms with E-state index in [0.29, 0.717) is 17.0 Å². The molecule has 0 bridgehead atoms. The summed E-state index contributed by atoms with van der Waals surface area (Å²) in [6, 6.07) is 3.31. The summed E-state index contributed by atoms with van der Waals surface area (Å²) in [6.07, 6.45) is 1.84. The van der Waals surface area contributed by atoms with Gasteiger partial charge in [-0.1, -0.05) is 0 Å². The maximum atomic E-state index is 11.6.